The van der Waals surface area contributed by atoms with Gasteiger partial charge < -0.3 is 4.74 Å². The van der Waals surface area contributed by atoms with Crippen LogP contribution in [-0.4, -0.2) is 15.7 Å². The molecule has 0 aliphatic heterocycles. The minimum absolute atomic E-state index is 0.127. The Morgan fingerprint density at radius 3 is 2.48 bits per heavy atom. The molecule has 0 aliphatic carbocycles. The van der Waals surface area contributed by atoms with Crippen LogP contribution in [0, 0.1) is 13.8 Å². The van der Waals surface area contributed by atoms with Crippen molar-refractivity contribution in [3.05, 3.63) is 69.6 Å². The summed E-state index contributed by atoms with van der Waals surface area (Å²) >= 11 is 0. The molecule has 0 saturated heterocycles. The van der Waals surface area contributed by atoms with Gasteiger partial charge in [-0.25, -0.2) is 9.48 Å². The average Bonchev–Trinajstić information content (AvgIpc) is 2.53. The Balaban J connectivity index is 2.08. The Bertz CT molecular complexity index is 974. The van der Waals surface area contributed by atoms with E-state index >= 15 is 0 Å². The summed E-state index contributed by atoms with van der Waals surface area (Å²) in [4.78, 5) is 24.6. The molecule has 116 valence electrons. The number of hydrogen-bond acceptors (Lipinski definition) is 4. The van der Waals surface area contributed by atoms with Crippen molar-refractivity contribution in [3.63, 3.8) is 0 Å². The third-order valence-electron chi connectivity index (χ3n) is 3.68. The van der Waals surface area contributed by atoms with Crippen molar-refractivity contribution in [2.24, 2.45) is 7.05 Å². The van der Waals surface area contributed by atoms with Crippen LogP contribution in [0.1, 0.15) is 21.6 Å². The lowest BCUT2D eigenvalue weighted by molar-refractivity contribution is 0.0727. The first kappa shape index (κ1) is 15.0. The second-order valence-corrected chi connectivity index (χ2v) is 5.48. The van der Waals surface area contributed by atoms with E-state index in [1.165, 1.54) is 7.05 Å². The molecule has 0 bridgehead atoms. The summed E-state index contributed by atoms with van der Waals surface area (Å²) < 4.78 is 6.63. The van der Waals surface area contributed by atoms with Gasteiger partial charge in [0.2, 0.25) is 0 Å². The number of benzene rings is 2. The highest BCUT2D eigenvalue weighted by Crippen LogP contribution is 2.21. The molecule has 3 aromatic rings. The predicted octanol–water partition coefficient (Wildman–Crippen LogP) is 2.77. The topological polar surface area (TPSA) is 61.2 Å². The van der Waals surface area contributed by atoms with Gasteiger partial charge in [-0.1, -0.05) is 35.9 Å². The number of nitrogens with zero attached hydrogens (tertiary/aromatic N) is 2. The Hall–Kier alpha value is -2.95. The lowest BCUT2D eigenvalue weighted by Crippen LogP contribution is -2.24. The molecule has 0 spiro atoms. The lowest BCUT2D eigenvalue weighted by Gasteiger charge is -2.10. The summed E-state index contributed by atoms with van der Waals surface area (Å²) in [7, 11) is 1.52. The van der Waals surface area contributed by atoms with Gasteiger partial charge in [-0.05, 0) is 31.5 Å². The van der Waals surface area contributed by atoms with E-state index in [0.717, 1.165) is 15.8 Å². The van der Waals surface area contributed by atoms with Crippen molar-refractivity contribution in [2.75, 3.05) is 0 Å². The van der Waals surface area contributed by atoms with E-state index in [1.54, 1.807) is 30.3 Å². The highest BCUT2D eigenvalue weighted by atomic mass is 16.5. The number of aryl methyl sites for hydroxylation is 3. The zero-order valence-electron chi connectivity index (χ0n) is 13.2. The first-order chi connectivity index (χ1) is 11.0. The maximum Gasteiger partial charge on any atom is 0.364 e. The molecule has 1 heterocycles. The Labute approximate surface area is 133 Å². The second kappa shape index (κ2) is 5.68. The van der Waals surface area contributed by atoms with E-state index in [1.807, 2.05) is 26.0 Å². The number of ether oxygens (including phenoxy) is 1. The maximum absolute atomic E-state index is 12.5. The van der Waals surface area contributed by atoms with Crippen LogP contribution in [0.3, 0.4) is 0 Å². The Morgan fingerprint density at radius 1 is 1.09 bits per heavy atom. The number of fused-ring (bicyclic) bond motifs is 1. The van der Waals surface area contributed by atoms with Gasteiger partial charge in [0.25, 0.3) is 5.56 Å². The minimum atomic E-state index is -0.580. The van der Waals surface area contributed by atoms with Crippen molar-refractivity contribution >= 4 is 16.7 Å². The molecule has 0 radical (unpaired) electrons. The van der Waals surface area contributed by atoms with E-state index < -0.39 is 5.97 Å². The van der Waals surface area contributed by atoms with Crippen molar-refractivity contribution in [1.82, 2.24) is 9.78 Å². The normalized spacial score (nSPS) is 10.7. The van der Waals surface area contributed by atoms with Crippen LogP contribution in [0.25, 0.3) is 10.8 Å². The molecule has 0 N–H and O–H groups in total. The van der Waals surface area contributed by atoms with Gasteiger partial charge in [0.1, 0.15) is 5.75 Å². The van der Waals surface area contributed by atoms with Crippen LogP contribution in [-0.2, 0) is 7.05 Å². The van der Waals surface area contributed by atoms with Gasteiger partial charge in [-0.2, -0.15) is 5.10 Å². The minimum Gasteiger partial charge on any atom is -0.421 e. The van der Waals surface area contributed by atoms with Crippen LogP contribution >= 0.6 is 0 Å². The van der Waals surface area contributed by atoms with Gasteiger partial charge in [-0.15, -0.1) is 0 Å². The average molecular weight is 308 g/mol. The molecule has 23 heavy (non-hydrogen) atoms. The van der Waals surface area contributed by atoms with Gasteiger partial charge in [0.05, 0.1) is 5.39 Å². The smallest absolute Gasteiger partial charge is 0.364 e. The van der Waals surface area contributed by atoms with Gasteiger partial charge in [-0.3, -0.25) is 4.79 Å². The molecular weight excluding hydrogens is 292 g/mol. The van der Waals surface area contributed by atoms with Gasteiger partial charge in [0, 0.05) is 12.4 Å². The zero-order valence-corrected chi connectivity index (χ0v) is 13.2. The van der Waals surface area contributed by atoms with Crippen LogP contribution in [0.2, 0.25) is 0 Å². The predicted molar refractivity (Wildman–Crippen MR) is 87.9 cm³/mol. The Morgan fingerprint density at radius 2 is 1.78 bits per heavy atom. The second-order valence-electron chi connectivity index (χ2n) is 5.48. The van der Waals surface area contributed by atoms with E-state index in [2.05, 4.69) is 5.10 Å². The largest absolute Gasteiger partial charge is 0.421 e. The molecule has 0 amide bonds. The molecule has 0 unspecified atom stereocenters. The first-order valence-electron chi connectivity index (χ1n) is 7.23. The molecule has 2 aromatic carbocycles. The highest BCUT2D eigenvalue weighted by molar-refractivity contribution is 6.02. The van der Waals surface area contributed by atoms with Crippen molar-refractivity contribution in [3.8, 4) is 5.75 Å². The van der Waals surface area contributed by atoms with E-state index in [-0.39, 0.29) is 11.3 Å². The standard InChI is InChI=1S/C18H16N2O3/c1-11-8-9-15(12(2)10-11)23-18(22)16-13-6-4-5-7-14(13)17(21)20(3)19-16/h4-10H,1-3H3. The van der Waals surface area contributed by atoms with E-state index in [4.69, 9.17) is 4.74 Å². The van der Waals surface area contributed by atoms with Gasteiger partial charge in [0.15, 0.2) is 5.69 Å². The molecule has 0 atom stereocenters. The van der Waals surface area contributed by atoms with Crippen LogP contribution in [0.15, 0.2) is 47.3 Å². The van der Waals surface area contributed by atoms with E-state index in [0.29, 0.717) is 16.5 Å². The van der Waals surface area contributed by atoms with Crippen molar-refractivity contribution < 1.29 is 9.53 Å². The number of carbonyl (C=O) groups excluding carboxylic acids is 1. The van der Waals surface area contributed by atoms with E-state index in [9.17, 15) is 9.59 Å². The molecule has 0 saturated carbocycles. The lowest BCUT2D eigenvalue weighted by atomic mass is 10.1. The fraction of sp³-hybridized carbons (Fsp3) is 0.167. The summed E-state index contributed by atoms with van der Waals surface area (Å²) in [5.41, 5.74) is 1.84. The highest BCUT2D eigenvalue weighted by Gasteiger charge is 2.18. The fourth-order valence-corrected chi connectivity index (χ4v) is 2.51. The summed E-state index contributed by atoms with van der Waals surface area (Å²) in [6.07, 6.45) is 0. The number of hydrogen-bond donors (Lipinski definition) is 0. The van der Waals surface area contributed by atoms with Gasteiger partial charge >= 0.3 is 5.97 Å². The summed E-state index contributed by atoms with van der Waals surface area (Å²) in [5.74, 6) is -0.0934. The Kier molecular flexibility index (Phi) is 3.70. The first-order valence-corrected chi connectivity index (χ1v) is 7.23. The van der Waals surface area contributed by atoms with Crippen LogP contribution < -0.4 is 10.3 Å². The van der Waals surface area contributed by atoms with Crippen LogP contribution in [0.4, 0.5) is 0 Å². The van der Waals surface area contributed by atoms with Crippen molar-refractivity contribution in [2.45, 2.75) is 13.8 Å². The molecule has 0 aliphatic rings. The summed E-state index contributed by atoms with van der Waals surface area (Å²) in [6.45, 7) is 3.85. The SMILES string of the molecule is Cc1ccc(OC(=O)c2nn(C)c(=O)c3ccccc23)c(C)c1. The third-order valence-corrected chi connectivity index (χ3v) is 3.68. The fourth-order valence-electron chi connectivity index (χ4n) is 2.51. The molecule has 5 heteroatoms. The summed E-state index contributed by atoms with van der Waals surface area (Å²) in [5, 5.41) is 5.01. The maximum atomic E-state index is 12.5. The van der Waals surface area contributed by atoms with Crippen molar-refractivity contribution in [1.29, 1.82) is 0 Å². The zero-order chi connectivity index (χ0) is 16.6. The summed E-state index contributed by atoms with van der Waals surface area (Å²) in [6, 6.07) is 12.5. The molecule has 1 aromatic heterocycles. The number of carbonyl (C=O) groups is 1. The number of esters is 1. The van der Waals surface area contributed by atoms with Crippen LogP contribution in [0.5, 0.6) is 5.75 Å². The molecule has 3 rings (SSSR count). The molecule has 0 fully saturated rings. The quantitative estimate of drug-likeness (QED) is 0.539. The molecular formula is C18H16N2O3. The molecule has 5 nitrogen and oxygen atoms in total. The third kappa shape index (κ3) is 2.73. The monoisotopic (exact) mass is 308 g/mol. The number of rotatable bonds is 2. The number of aromatic nitrogens is 2.